The molecule has 0 fully saturated rings. The fourth-order valence-electron chi connectivity index (χ4n) is 1.29. The predicted octanol–water partition coefficient (Wildman–Crippen LogP) is 1.14. The van der Waals surface area contributed by atoms with E-state index < -0.39 is 0 Å². The first-order chi connectivity index (χ1) is 7.24. The van der Waals surface area contributed by atoms with Crippen molar-refractivity contribution in [1.82, 2.24) is 10.2 Å². The molecule has 0 saturated carbocycles. The summed E-state index contributed by atoms with van der Waals surface area (Å²) in [4.78, 5) is 13.3. The normalized spacial score (nSPS) is 10.0. The molecule has 0 aromatic carbocycles. The minimum Gasteiger partial charge on any atom is -0.355 e. The lowest BCUT2D eigenvalue weighted by molar-refractivity contribution is -0.122. The standard InChI is InChI=1S/C11H21N3O/c1-3-5-7-13-11(15)10-14(8-4-2)9-6-12/h3-5,7-10H2,1-2H3,(H,13,15). The van der Waals surface area contributed by atoms with Crippen molar-refractivity contribution in [3.63, 3.8) is 0 Å². The molecule has 0 spiro atoms. The maximum absolute atomic E-state index is 11.4. The van der Waals surface area contributed by atoms with Crippen LogP contribution in [0.1, 0.15) is 33.1 Å². The minimum atomic E-state index is 0.0205. The van der Waals surface area contributed by atoms with Crippen LogP contribution in [0.4, 0.5) is 0 Å². The SMILES string of the molecule is CCCCNC(=O)CN(CC#N)CCC. The average Bonchev–Trinajstić information content (AvgIpc) is 2.19. The Bertz CT molecular complexity index is 210. The quantitative estimate of drug-likeness (QED) is 0.484. The van der Waals surface area contributed by atoms with Gasteiger partial charge in [-0.25, -0.2) is 0 Å². The van der Waals surface area contributed by atoms with Gasteiger partial charge < -0.3 is 5.32 Å². The van der Waals surface area contributed by atoms with Gasteiger partial charge in [0.2, 0.25) is 5.91 Å². The summed E-state index contributed by atoms with van der Waals surface area (Å²) in [6.07, 6.45) is 3.05. The molecule has 0 aromatic rings. The summed E-state index contributed by atoms with van der Waals surface area (Å²) < 4.78 is 0. The van der Waals surface area contributed by atoms with Crippen LogP contribution in [0.15, 0.2) is 0 Å². The molecule has 0 saturated heterocycles. The highest BCUT2D eigenvalue weighted by molar-refractivity contribution is 5.77. The van der Waals surface area contributed by atoms with Gasteiger partial charge in [0, 0.05) is 6.54 Å². The van der Waals surface area contributed by atoms with Crippen LogP contribution < -0.4 is 5.32 Å². The highest BCUT2D eigenvalue weighted by Gasteiger charge is 2.08. The van der Waals surface area contributed by atoms with Gasteiger partial charge in [-0.1, -0.05) is 20.3 Å². The van der Waals surface area contributed by atoms with Crippen LogP contribution in [0.25, 0.3) is 0 Å². The maximum atomic E-state index is 11.4. The van der Waals surface area contributed by atoms with E-state index in [2.05, 4.69) is 18.3 Å². The molecular weight excluding hydrogens is 190 g/mol. The van der Waals surface area contributed by atoms with Gasteiger partial charge in [0.05, 0.1) is 19.2 Å². The Kier molecular flexibility index (Phi) is 8.79. The Balaban J connectivity index is 3.74. The average molecular weight is 211 g/mol. The second-order valence-corrected chi connectivity index (χ2v) is 3.57. The zero-order chi connectivity index (χ0) is 11.5. The second-order valence-electron chi connectivity index (χ2n) is 3.57. The van der Waals surface area contributed by atoms with Crippen molar-refractivity contribution in [3.8, 4) is 6.07 Å². The Hall–Kier alpha value is -1.08. The van der Waals surface area contributed by atoms with E-state index in [0.717, 1.165) is 32.4 Å². The number of amides is 1. The fourth-order valence-corrected chi connectivity index (χ4v) is 1.29. The van der Waals surface area contributed by atoms with E-state index in [1.807, 2.05) is 11.8 Å². The van der Waals surface area contributed by atoms with Gasteiger partial charge >= 0.3 is 0 Å². The molecule has 0 bridgehead atoms. The Morgan fingerprint density at radius 3 is 2.67 bits per heavy atom. The topological polar surface area (TPSA) is 56.1 Å². The molecule has 86 valence electrons. The second kappa shape index (κ2) is 9.47. The third kappa shape index (κ3) is 7.95. The van der Waals surface area contributed by atoms with Crippen LogP contribution in [0.3, 0.4) is 0 Å². The largest absolute Gasteiger partial charge is 0.355 e. The molecule has 15 heavy (non-hydrogen) atoms. The summed E-state index contributed by atoms with van der Waals surface area (Å²) in [6, 6.07) is 2.07. The van der Waals surface area contributed by atoms with Crippen molar-refractivity contribution in [3.05, 3.63) is 0 Å². The molecule has 1 N–H and O–H groups in total. The molecule has 0 aliphatic carbocycles. The van der Waals surface area contributed by atoms with Crippen molar-refractivity contribution in [2.75, 3.05) is 26.2 Å². The smallest absolute Gasteiger partial charge is 0.234 e. The van der Waals surface area contributed by atoms with Gasteiger partial charge in [-0.15, -0.1) is 0 Å². The van der Waals surface area contributed by atoms with Crippen LogP contribution in [0.2, 0.25) is 0 Å². The van der Waals surface area contributed by atoms with Crippen molar-refractivity contribution < 1.29 is 4.79 Å². The minimum absolute atomic E-state index is 0.0205. The van der Waals surface area contributed by atoms with Crippen molar-refractivity contribution in [2.24, 2.45) is 0 Å². The van der Waals surface area contributed by atoms with Crippen LogP contribution >= 0.6 is 0 Å². The molecule has 0 aromatic heterocycles. The van der Waals surface area contributed by atoms with E-state index in [-0.39, 0.29) is 5.91 Å². The molecule has 0 aliphatic rings. The van der Waals surface area contributed by atoms with Crippen molar-refractivity contribution >= 4 is 5.91 Å². The highest BCUT2D eigenvalue weighted by Crippen LogP contribution is 1.90. The predicted molar refractivity (Wildman–Crippen MR) is 60.3 cm³/mol. The van der Waals surface area contributed by atoms with Crippen molar-refractivity contribution in [1.29, 1.82) is 5.26 Å². The molecule has 4 nitrogen and oxygen atoms in total. The lowest BCUT2D eigenvalue weighted by atomic mass is 10.3. The van der Waals surface area contributed by atoms with Gasteiger partial charge in [-0.3, -0.25) is 9.69 Å². The summed E-state index contributed by atoms with van der Waals surface area (Å²) in [5.41, 5.74) is 0. The molecule has 0 rings (SSSR count). The van der Waals surface area contributed by atoms with E-state index in [9.17, 15) is 4.79 Å². The Labute approximate surface area is 92.3 Å². The summed E-state index contributed by atoms with van der Waals surface area (Å²) in [7, 11) is 0. The fraction of sp³-hybridized carbons (Fsp3) is 0.818. The first kappa shape index (κ1) is 13.9. The summed E-state index contributed by atoms with van der Waals surface area (Å²) in [5.74, 6) is 0.0205. The van der Waals surface area contributed by atoms with Gasteiger partial charge in [0.15, 0.2) is 0 Å². The lowest BCUT2D eigenvalue weighted by Crippen LogP contribution is -2.38. The van der Waals surface area contributed by atoms with Gasteiger partial charge in [-0.2, -0.15) is 5.26 Å². The molecular formula is C11H21N3O. The van der Waals surface area contributed by atoms with Crippen molar-refractivity contribution in [2.45, 2.75) is 33.1 Å². The molecule has 0 aliphatic heterocycles. The monoisotopic (exact) mass is 211 g/mol. The van der Waals surface area contributed by atoms with E-state index >= 15 is 0 Å². The number of nitrogens with zero attached hydrogens (tertiary/aromatic N) is 2. The summed E-state index contributed by atoms with van der Waals surface area (Å²) in [5, 5.41) is 11.4. The first-order valence-corrected chi connectivity index (χ1v) is 5.60. The third-order valence-electron chi connectivity index (χ3n) is 2.05. The van der Waals surface area contributed by atoms with Crippen LogP contribution in [0, 0.1) is 11.3 Å². The van der Waals surface area contributed by atoms with Crippen LogP contribution in [-0.2, 0) is 4.79 Å². The zero-order valence-electron chi connectivity index (χ0n) is 9.75. The number of carbonyl (C=O) groups excluding carboxylic acids is 1. The third-order valence-corrected chi connectivity index (χ3v) is 2.05. The Morgan fingerprint density at radius 1 is 1.40 bits per heavy atom. The number of nitrogens with one attached hydrogen (secondary N) is 1. The zero-order valence-corrected chi connectivity index (χ0v) is 9.75. The molecule has 4 heteroatoms. The first-order valence-electron chi connectivity index (χ1n) is 5.60. The van der Waals surface area contributed by atoms with E-state index in [1.165, 1.54) is 0 Å². The molecule has 1 amide bonds. The van der Waals surface area contributed by atoms with Crippen LogP contribution in [-0.4, -0.2) is 37.0 Å². The number of hydrogen-bond acceptors (Lipinski definition) is 3. The molecule has 0 unspecified atom stereocenters. The lowest BCUT2D eigenvalue weighted by Gasteiger charge is -2.17. The molecule has 0 atom stereocenters. The van der Waals surface area contributed by atoms with E-state index in [0.29, 0.717) is 13.1 Å². The number of rotatable bonds is 8. The summed E-state index contributed by atoms with van der Waals surface area (Å²) >= 11 is 0. The number of hydrogen-bond donors (Lipinski definition) is 1. The summed E-state index contributed by atoms with van der Waals surface area (Å²) in [6.45, 7) is 6.33. The maximum Gasteiger partial charge on any atom is 0.234 e. The Morgan fingerprint density at radius 2 is 2.13 bits per heavy atom. The molecule has 0 radical (unpaired) electrons. The molecule has 0 heterocycles. The van der Waals surface area contributed by atoms with E-state index in [4.69, 9.17) is 5.26 Å². The van der Waals surface area contributed by atoms with Gasteiger partial charge in [-0.05, 0) is 19.4 Å². The van der Waals surface area contributed by atoms with Crippen LogP contribution in [0.5, 0.6) is 0 Å². The van der Waals surface area contributed by atoms with Gasteiger partial charge in [0.1, 0.15) is 0 Å². The van der Waals surface area contributed by atoms with E-state index in [1.54, 1.807) is 0 Å². The van der Waals surface area contributed by atoms with Gasteiger partial charge in [0.25, 0.3) is 0 Å². The number of carbonyl (C=O) groups is 1. The highest BCUT2D eigenvalue weighted by atomic mass is 16.2. The number of nitriles is 1. The number of unbranched alkanes of at least 4 members (excludes halogenated alkanes) is 1.